The van der Waals surface area contributed by atoms with Crippen LogP contribution in [0.5, 0.6) is 0 Å². The van der Waals surface area contributed by atoms with Crippen molar-refractivity contribution in [1.29, 1.82) is 0 Å². The summed E-state index contributed by atoms with van der Waals surface area (Å²) in [6.07, 6.45) is 0.591. The molecule has 0 aliphatic carbocycles. The molecule has 0 saturated heterocycles. The number of amidine groups is 1. The van der Waals surface area contributed by atoms with Gasteiger partial charge in [-0.2, -0.15) is 5.48 Å². The van der Waals surface area contributed by atoms with Gasteiger partial charge in [0.2, 0.25) is 0 Å². The van der Waals surface area contributed by atoms with Gasteiger partial charge in [0.05, 0.1) is 11.1 Å². The molecule has 2 atom stereocenters. The van der Waals surface area contributed by atoms with Gasteiger partial charge in [-0.25, -0.2) is 9.59 Å². The lowest BCUT2D eigenvalue weighted by Gasteiger charge is -2.20. The zero-order valence-electron chi connectivity index (χ0n) is 16.2. The van der Waals surface area contributed by atoms with Crippen molar-refractivity contribution in [3.8, 4) is 0 Å². The van der Waals surface area contributed by atoms with E-state index in [1.807, 2.05) is 6.92 Å². The van der Waals surface area contributed by atoms with Gasteiger partial charge < -0.3 is 15.4 Å². The summed E-state index contributed by atoms with van der Waals surface area (Å²) in [5.74, 6) is -3.48. The highest BCUT2D eigenvalue weighted by atomic mass is 16.7. The molecule has 8 nitrogen and oxygen atoms in total. The third kappa shape index (κ3) is 6.17. The molecule has 0 heterocycles. The monoisotopic (exact) mass is 397 g/mol. The lowest BCUT2D eigenvalue weighted by Crippen LogP contribution is -2.43. The Hall–Kier alpha value is -3.68. The van der Waals surface area contributed by atoms with Crippen LogP contribution in [0.3, 0.4) is 0 Å². The molecule has 29 heavy (non-hydrogen) atoms. The highest BCUT2D eigenvalue weighted by Crippen LogP contribution is 2.16. The Balaban J connectivity index is 2.04. The van der Waals surface area contributed by atoms with Gasteiger partial charge in [-0.15, -0.1) is 0 Å². The standard InChI is InChI=1S/C21H23N3O5/c1-3-14(2)17(18(22)23-28-20(26)15-10-6-4-7-11-15)19(25)24-29-21(27)16-12-8-5-9-13-16/h4-14,17H,3H2,1-2H3,(H2,22,23)(H,24,25)/t14-,17+/m1/s1. The van der Waals surface area contributed by atoms with Crippen LogP contribution in [0.2, 0.25) is 0 Å². The average molecular weight is 397 g/mol. The maximum Gasteiger partial charge on any atom is 0.365 e. The van der Waals surface area contributed by atoms with Gasteiger partial charge in [0, 0.05) is 0 Å². The maximum atomic E-state index is 12.5. The maximum absolute atomic E-state index is 12.5. The summed E-state index contributed by atoms with van der Waals surface area (Å²) < 4.78 is 0. The predicted octanol–water partition coefficient (Wildman–Crippen LogP) is 2.67. The minimum absolute atomic E-state index is 0.197. The van der Waals surface area contributed by atoms with Crippen LogP contribution in [0.15, 0.2) is 65.8 Å². The number of carbonyl (C=O) groups is 3. The van der Waals surface area contributed by atoms with E-state index in [9.17, 15) is 14.4 Å². The van der Waals surface area contributed by atoms with E-state index in [2.05, 4.69) is 10.6 Å². The minimum atomic E-state index is -0.952. The van der Waals surface area contributed by atoms with Gasteiger partial charge >= 0.3 is 11.9 Å². The summed E-state index contributed by atoms with van der Waals surface area (Å²) in [6.45, 7) is 3.65. The Morgan fingerprint density at radius 3 is 2.00 bits per heavy atom. The van der Waals surface area contributed by atoms with Crippen LogP contribution < -0.4 is 11.2 Å². The third-order valence-corrected chi connectivity index (χ3v) is 4.31. The number of hydrogen-bond acceptors (Lipinski definition) is 6. The van der Waals surface area contributed by atoms with E-state index >= 15 is 0 Å². The second kappa shape index (κ2) is 10.6. The van der Waals surface area contributed by atoms with Crippen molar-refractivity contribution in [2.45, 2.75) is 20.3 Å². The molecule has 0 unspecified atom stereocenters. The molecule has 1 amide bonds. The quantitative estimate of drug-likeness (QED) is 0.321. The SMILES string of the molecule is CC[C@@H](C)[C@H](C(=O)NOC(=O)c1ccccc1)/C(N)=N/OC(=O)c1ccccc1. The fraction of sp³-hybridized carbons (Fsp3) is 0.238. The number of benzene rings is 2. The molecule has 0 spiro atoms. The number of hydroxylamine groups is 1. The van der Waals surface area contributed by atoms with Crippen LogP contribution in [-0.4, -0.2) is 23.7 Å². The molecular weight excluding hydrogens is 374 g/mol. The molecule has 152 valence electrons. The number of rotatable bonds is 7. The highest BCUT2D eigenvalue weighted by Gasteiger charge is 2.30. The lowest BCUT2D eigenvalue weighted by molar-refractivity contribution is -0.133. The van der Waals surface area contributed by atoms with Gasteiger partial charge in [0.15, 0.2) is 5.84 Å². The van der Waals surface area contributed by atoms with E-state index < -0.39 is 23.8 Å². The van der Waals surface area contributed by atoms with Crippen LogP contribution in [0, 0.1) is 11.8 Å². The van der Waals surface area contributed by atoms with Gasteiger partial charge in [-0.1, -0.05) is 61.8 Å². The fourth-order valence-corrected chi connectivity index (χ4v) is 2.49. The van der Waals surface area contributed by atoms with Crippen molar-refractivity contribution < 1.29 is 24.1 Å². The predicted molar refractivity (Wildman–Crippen MR) is 106 cm³/mol. The molecule has 0 aromatic heterocycles. The van der Waals surface area contributed by atoms with Crippen molar-refractivity contribution in [2.24, 2.45) is 22.7 Å². The number of nitrogens with one attached hydrogen (secondary N) is 1. The molecule has 2 aromatic rings. The fourth-order valence-electron chi connectivity index (χ4n) is 2.49. The van der Waals surface area contributed by atoms with Crippen LogP contribution >= 0.6 is 0 Å². The van der Waals surface area contributed by atoms with Crippen molar-refractivity contribution >= 4 is 23.7 Å². The summed E-state index contributed by atoms with van der Waals surface area (Å²) in [5.41, 5.74) is 8.60. The van der Waals surface area contributed by atoms with E-state index in [1.165, 1.54) is 0 Å². The number of amides is 1. The summed E-state index contributed by atoms with van der Waals surface area (Å²) in [6, 6.07) is 16.5. The van der Waals surface area contributed by atoms with Crippen LogP contribution in [0.25, 0.3) is 0 Å². The Labute approximate surface area is 168 Å². The Bertz CT molecular complexity index is 868. The first-order valence-electron chi connectivity index (χ1n) is 9.09. The molecule has 3 N–H and O–H groups in total. The second-order valence-electron chi connectivity index (χ2n) is 6.35. The first-order chi connectivity index (χ1) is 13.9. The number of hydrogen-bond donors (Lipinski definition) is 2. The zero-order valence-corrected chi connectivity index (χ0v) is 16.2. The number of carbonyl (C=O) groups excluding carboxylic acids is 3. The van der Waals surface area contributed by atoms with E-state index in [1.54, 1.807) is 67.6 Å². The molecule has 0 aliphatic heterocycles. The van der Waals surface area contributed by atoms with Gasteiger partial charge in [-0.3, -0.25) is 4.79 Å². The Kier molecular flexibility index (Phi) is 7.90. The molecule has 0 saturated carbocycles. The van der Waals surface area contributed by atoms with Gasteiger partial charge in [0.1, 0.15) is 5.92 Å². The molecule has 0 aliphatic rings. The average Bonchev–Trinajstić information content (AvgIpc) is 2.76. The molecule has 0 radical (unpaired) electrons. The third-order valence-electron chi connectivity index (χ3n) is 4.31. The van der Waals surface area contributed by atoms with E-state index in [0.29, 0.717) is 12.0 Å². The van der Waals surface area contributed by atoms with Crippen molar-refractivity contribution in [2.75, 3.05) is 0 Å². The summed E-state index contributed by atoms with van der Waals surface area (Å²) in [5, 5.41) is 3.62. The van der Waals surface area contributed by atoms with Gasteiger partial charge in [-0.05, 0) is 30.2 Å². The Morgan fingerprint density at radius 1 is 0.966 bits per heavy atom. The minimum Gasteiger partial charge on any atom is -0.384 e. The van der Waals surface area contributed by atoms with Gasteiger partial charge in [0.25, 0.3) is 5.91 Å². The van der Waals surface area contributed by atoms with Crippen molar-refractivity contribution in [3.63, 3.8) is 0 Å². The van der Waals surface area contributed by atoms with Crippen LogP contribution in [0.1, 0.15) is 41.0 Å². The molecule has 2 aromatic carbocycles. The molecule has 0 bridgehead atoms. The second-order valence-corrected chi connectivity index (χ2v) is 6.35. The van der Waals surface area contributed by atoms with Crippen LogP contribution in [0.4, 0.5) is 0 Å². The topological polar surface area (TPSA) is 120 Å². The van der Waals surface area contributed by atoms with Crippen LogP contribution in [-0.2, 0) is 14.5 Å². The molecule has 0 fully saturated rings. The summed E-state index contributed by atoms with van der Waals surface area (Å²) in [4.78, 5) is 46.2. The summed E-state index contributed by atoms with van der Waals surface area (Å²) >= 11 is 0. The number of nitrogens with two attached hydrogens (primary N) is 1. The van der Waals surface area contributed by atoms with E-state index in [-0.39, 0.29) is 17.3 Å². The van der Waals surface area contributed by atoms with E-state index in [4.69, 9.17) is 15.4 Å². The normalized spacial score (nSPS) is 13.1. The van der Waals surface area contributed by atoms with Crippen molar-refractivity contribution in [1.82, 2.24) is 5.48 Å². The van der Waals surface area contributed by atoms with Crippen molar-refractivity contribution in [3.05, 3.63) is 71.8 Å². The smallest absolute Gasteiger partial charge is 0.365 e. The summed E-state index contributed by atoms with van der Waals surface area (Å²) in [7, 11) is 0. The number of oxime groups is 1. The highest BCUT2D eigenvalue weighted by molar-refractivity contribution is 6.03. The zero-order chi connectivity index (χ0) is 21.2. The molecular formula is C21H23N3O5. The van der Waals surface area contributed by atoms with E-state index in [0.717, 1.165) is 0 Å². The first-order valence-corrected chi connectivity index (χ1v) is 9.09. The molecule has 2 rings (SSSR count). The Morgan fingerprint density at radius 2 is 1.48 bits per heavy atom. The number of nitrogens with zero attached hydrogens (tertiary/aromatic N) is 1. The molecule has 8 heteroatoms. The lowest BCUT2D eigenvalue weighted by atomic mass is 9.90. The largest absolute Gasteiger partial charge is 0.384 e. The first kappa shape index (κ1) is 21.6.